The highest BCUT2D eigenvalue weighted by Gasteiger charge is 2.11. The number of ether oxygens (including phenoxy) is 1. The van der Waals surface area contributed by atoms with E-state index in [-0.39, 0.29) is 0 Å². The van der Waals surface area contributed by atoms with Gasteiger partial charge in [-0.25, -0.2) is 0 Å². The van der Waals surface area contributed by atoms with Crippen LogP contribution in [0.4, 0.5) is 0 Å². The Morgan fingerprint density at radius 1 is 1.40 bits per heavy atom. The molecular formula is C13H17NO. The normalized spacial score (nSPS) is 20.9. The van der Waals surface area contributed by atoms with Gasteiger partial charge in [-0.1, -0.05) is 18.2 Å². The highest BCUT2D eigenvalue weighted by Crippen LogP contribution is 2.25. The third-order valence-corrected chi connectivity index (χ3v) is 2.78. The molecule has 1 heterocycles. The van der Waals surface area contributed by atoms with Crippen LogP contribution in [0.25, 0.3) is 5.57 Å². The Hall–Kier alpha value is -1.28. The molecule has 0 aliphatic carbocycles. The summed E-state index contributed by atoms with van der Waals surface area (Å²) < 4.78 is 5.23. The lowest BCUT2D eigenvalue weighted by molar-refractivity contribution is 0.414. The minimum absolute atomic E-state index is 0.566. The van der Waals surface area contributed by atoms with Crippen molar-refractivity contribution < 1.29 is 4.74 Å². The summed E-state index contributed by atoms with van der Waals surface area (Å²) in [6.45, 7) is 3.18. The zero-order valence-corrected chi connectivity index (χ0v) is 9.29. The van der Waals surface area contributed by atoms with Crippen molar-refractivity contribution in [3.8, 4) is 5.75 Å². The average Bonchev–Trinajstić information content (AvgIpc) is 2.29. The number of benzene rings is 1. The van der Waals surface area contributed by atoms with Crippen LogP contribution >= 0.6 is 0 Å². The molecule has 0 radical (unpaired) electrons. The zero-order valence-electron chi connectivity index (χ0n) is 9.29. The van der Waals surface area contributed by atoms with Crippen molar-refractivity contribution in [3.05, 3.63) is 35.9 Å². The Labute approximate surface area is 91.0 Å². The topological polar surface area (TPSA) is 21.3 Å². The van der Waals surface area contributed by atoms with Crippen LogP contribution in [0.3, 0.4) is 0 Å². The van der Waals surface area contributed by atoms with Crippen molar-refractivity contribution in [3.63, 3.8) is 0 Å². The summed E-state index contributed by atoms with van der Waals surface area (Å²) in [6, 6.07) is 8.84. The van der Waals surface area contributed by atoms with Crippen molar-refractivity contribution in [2.75, 3.05) is 13.7 Å². The maximum Gasteiger partial charge on any atom is 0.119 e. The lowest BCUT2D eigenvalue weighted by Crippen LogP contribution is -2.29. The molecule has 15 heavy (non-hydrogen) atoms. The van der Waals surface area contributed by atoms with Crippen LogP contribution in [0, 0.1) is 0 Å². The van der Waals surface area contributed by atoms with Crippen LogP contribution in [0.2, 0.25) is 0 Å². The van der Waals surface area contributed by atoms with Gasteiger partial charge in [0.25, 0.3) is 0 Å². The summed E-state index contributed by atoms with van der Waals surface area (Å²) in [5.74, 6) is 0.930. The first-order chi connectivity index (χ1) is 7.29. The van der Waals surface area contributed by atoms with Crippen LogP contribution in [0.1, 0.15) is 18.9 Å². The lowest BCUT2D eigenvalue weighted by Gasteiger charge is -2.21. The first-order valence-corrected chi connectivity index (χ1v) is 5.36. The molecule has 0 spiro atoms. The SMILES string of the molecule is COc1cccc(C2=CCNC(C)C2)c1. The molecule has 0 amide bonds. The van der Waals surface area contributed by atoms with E-state index in [1.54, 1.807) is 7.11 Å². The van der Waals surface area contributed by atoms with Gasteiger partial charge in [-0.05, 0) is 36.6 Å². The van der Waals surface area contributed by atoms with Gasteiger partial charge < -0.3 is 10.1 Å². The number of hydrogen-bond donors (Lipinski definition) is 1. The molecule has 0 fully saturated rings. The third-order valence-electron chi connectivity index (χ3n) is 2.78. The molecular weight excluding hydrogens is 186 g/mol. The van der Waals surface area contributed by atoms with Crippen LogP contribution < -0.4 is 10.1 Å². The van der Waals surface area contributed by atoms with Gasteiger partial charge in [0.2, 0.25) is 0 Å². The Morgan fingerprint density at radius 2 is 2.27 bits per heavy atom. The van der Waals surface area contributed by atoms with Gasteiger partial charge in [-0.2, -0.15) is 0 Å². The molecule has 1 aliphatic rings. The van der Waals surface area contributed by atoms with E-state index in [0.717, 1.165) is 18.7 Å². The van der Waals surface area contributed by atoms with Crippen molar-refractivity contribution >= 4 is 5.57 Å². The van der Waals surface area contributed by atoms with E-state index in [9.17, 15) is 0 Å². The number of hydrogen-bond acceptors (Lipinski definition) is 2. The molecule has 2 heteroatoms. The summed E-state index contributed by atoms with van der Waals surface area (Å²) in [7, 11) is 1.71. The molecule has 1 N–H and O–H groups in total. The lowest BCUT2D eigenvalue weighted by atomic mass is 9.96. The summed E-state index contributed by atoms with van der Waals surface area (Å²) in [6.07, 6.45) is 3.35. The average molecular weight is 203 g/mol. The Balaban J connectivity index is 2.24. The van der Waals surface area contributed by atoms with Crippen molar-refractivity contribution in [1.29, 1.82) is 0 Å². The summed E-state index contributed by atoms with van der Waals surface area (Å²) in [5.41, 5.74) is 2.70. The second kappa shape index (κ2) is 4.49. The maximum atomic E-state index is 5.23. The van der Waals surface area contributed by atoms with Gasteiger partial charge in [0.15, 0.2) is 0 Å². The Bertz CT molecular complexity index is 371. The summed E-state index contributed by atoms with van der Waals surface area (Å²) >= 11 is 0. The third kappa shape index (κ3) is 2.39. The second-order valence-corrected chi connectivity index (χ2v) is 3.97. The van der Waals surface area contributed by atoms with Gasteiger partial charge in [-0.3, -0.25) is 0 Å². The molecule has 0 saturated heterocycles. The molecule has 2 rings (SSSR count). The first kappa shape index (κ1) is 10.2. The largest absolute Gasteiger partial charge is 0.497 e. The fourth-order valence-electron chi connectivity index (χ4n) is 1.93. The van der Waals surface area contributed by atoms with Crippen LogP contribution in [0.5, 0.6) is 5.75 Å². The molecule has 0 bridgehead atoms. The van der Waals surface area contributed by atoms with Crippen LogP contribution in [-0.4, -0.2) is 19.7 Å². The van der Waals surface area contributed by atoms with Gasteiger partial charge in [-0.15, -0.1) is 0 Å². The summed E-state index contributed by atoms with van der Waals surface area (Å²) in [4.78, 5) is 0. The molecule has 1 aromatic rings. The number of rotatable bonds is 2. The van der Waals surface area contributed by atoms with E-state index >= 15 is 0 Å². The zero-order chi connectivity index (χ0) is 10.7. The van der Waals surface area contributed by atoms with E-state index < -0.39 is 0 Å². The van der Waals surface area contributed by atoms with E-state index in [2.05, 4.69) is 30.4 Å². The quantitative estimate of drug-likeness (QED) is 0.797. The van der Waals surface area contributed by atoms with Gasteiger partial charge in [0.05, 0.1) is 7.11 Å². The Morgan fingerprint density at radius 3 is 3.00 bits per heavy atom. The first-order valence-electron chi connectivity index (χ1n) is 5.36. The number of nitrogens with one attached hydrogen (secondary N) is 1. The van der Waals surface area contributed by atoms with Crippen molar-refractivity contribution in [1.82, 2.24) is 5.32 Å². The smallest absolute Gasteiger partial charge is 0.119 e. The van der Waals surface area contributed by atoms with E-state index in [1.165, 1.54) is 11.1 Å². The van der Waals surface area contributed by atoms with E-state index in [1.807, 2.05) is 12.1 Å². The van der Waals surface area contributed by atoms with Crippen molar-refractivity contribution in [2.45, 2.75) is 19.4 Å². The van der Waals surface area contributed by atoms with E-state index in [0.29, 0.717) is 6.04 Å². The monoisotopic (exact) mass is 203 g/mol. The minimum atomic E-state index is 0.566. The maximum absolute atomic E-state index is 5.23. The van der Waals surface area contributed by atoms with Crippen LogP contribution in [0.15, 0.2) is 30.3 Å². The van der Waals surface area contributed by atoms with Crippen LogP contribution in [-0.2, 0) is 0 Å². The van der Waals surface area contributed by atoms with Gasteiger partial charge in [0, 0.05) is 12.6 Å². The molecule has 0 saturated carbocycles. The summed E-state index contributed by atoms with van der Waals surface area (Å²) in [5, 5.41) is 3.40. The van der Waals surface area contributed by atoms with Crippen molar-refractivity contribution in [2.24, 2.45) is 0 Å². The highest BCUT2D eigenvalue weighted by atomic mass is 16.5. The van der Waals surface area contributed by atoms with E-state index in [4.69, 9.17) is 4.74 Å². The molecule has 1 atom stereocenters. The molecule has 1 unspecified atom stereocenters. The number of methoxy groups -OCH3 is 1. The fraction of sp³-hybridized carbons (Fsp3) is 0.385. The Kier molecular flexibility index (Phi) is 3.07. The second-order valence-electron chi connectivity index (χ2n) is 3.97. The molecule has 2 nitrogen and oxygen atoms in total. The standard InChI is InChI=1S/C13H17NO/c1-10-8-12(6-7-14-10)11-4-3-5-13(9-11)15-2/h3-6,9-10,14H,7-8H2,1-2H3. The molecule has 1 aliphatic heterocycles. The minimum Gasteiger partial charge on any atom is -0.497 e. The molecule has 80 valence electrons. The van der Waals surface area contributed by atoms with Gasteiger partial charge in [0.1, 0.15) is 5.75 Å². The highest BCUT2D eigenvalue weighted by molar-refractivity contribution is 5.68. The molecule has 1 aromatic carbocycles. The van der Waals surface area contributed by atoms with Gasteiger partial charge >= 0.3 is 0 Å². The predicted molar refractivity (Wildman–Crippen MR) is 63.1 cm³/mol. The fourth-order valence-corrected chi connectivity index (χ4v) is 1.93. The predicted octanol–water partition coefficient (Wildman–Crippen LogP) is 2.46. The molecule has 0 aromatic heterocycles.